The lowest BCUT2D eigenvalue weighted by Crippen LogP contribution is -2.29. The van der Waals surface area contributed by atoms with Crippen molar-refractivity contribution in [2.24, 2.45) is 7.05 Å². The largest absolute Gasteiger partial charge is 0.318 e. The van der Waals surface area contributed by atoms with E-state index in [-0.39, 0.29) is 5.91 Å². The fraction of sp³-hybridized carbons (Fsp3) is 0.286. The van der Waals surface area contributed by atoms with Gasteiger partial charge in [0.1, 0.15) is 6.04 Å². The van der Waals surface area contributed by atoms with Gasteiger partial charge in [-0.05, 0) is 36.6 Å². The van der Waals surface area contributed by atoms with E-state index in [0.29, 0.717) is 18.5 Å². The van der Waals surface area contributed by atoms with E-state index in [9.17, 15) is 10.1 Å². The van der Waals surface area contributed by atoms with Crippen LogP contribution in [0.2, 0.25) is 0 Å². The van der Waals surface area contributed by atoms with E-state index in [1.54, 1.807) is 4.90 Å². The highest BCUT2D eigenvalue weighted by atomic mass is 16.2. The van der Waals surface area contributed by atoms with Gasteiger partial charge < -0.3 is 4.90 Å². The molecule has 1 aromatic heterocycles. The molecule has 3 aromatic rings. The van der Waals surface area contributed by atoms with Crippen molar-refractivity contribution in [3.05, 3.63) is 64.5 Å². The predicted octanol–water partition coefficient (Wildman–Crippen LogP) is 3.45. The standard InChI is InChI=1S/C21H20N4O/c1-13-16(14(2)24(3)23-13)10-11-25-19(12-22)18-9-8-15-6-4-5-7-17(15)20(18)21(25)26/h4-9,19H,10-11H2,1-3H3. The molecule has 0 saturated heterocycles. The van der Waals surface area contributed by atoms with E-state index >= 15 is 0 Å². The van der Waals surface area contributed by atoms with Crippen LogP contribution in [0.15, 0.2) is 36.4 Å². The second-order valence-corrected chi connectivity index (χ2v) is 6.80. The third kappa shape index (κ3) is 2.30. The molecule has 0 aliphatic carbocycles. The van der Waals surface area contributed by atoms with Gasteiger partial charge in [-0.25, -0.2) is 0 Å². The van der Waals surface area contributed by atoms with Gasteiger partial charge in [-0.1, -0.05) is 36.4 Å². The highest BCUT2D eigenvalue weighted by Crippen LogP contribution is 2.37. The molecule has 26 heavy (non-hydrogen) atoms. The van der Waals surface area contributed by atoms with Crippen LogP contribution in [0.5, 0.6) is 0 Å². The summed E-state index contributed by atoms with van der Waals surface area (Å²) >= 11 is 0. The van der Waals surface area contributed by atoms with Crippen molar-refractivity contribution in [1.82, 2.24) is 14.7 Å². The minimum atomic E-state index is -0.528. The van der Waals surface area contributed by atoms with Gasteiger partial charge in [0.2, 0.25) is 0 Å². The zero-order chi connectivity index (χ0) is 18.4. The lowest BCUT2D eigenvalue weighted by atomic mass is 9.98. The second-order valence-electron chi connectivity index (χ2n) is 6.80. The van der Waals surface area contributed by atoms with E-state index in [1.807, 2.05) is 62.0 Å². The summed E-state index contributed by atoms with van der Waals surface area (Å²) in [4.78, 5) is 14.8. The van der Waals surface area contributed by atoms with Crippen LogP contribution in [0.1, 0.15) is 38.9 Å². The van der Waals surface area contributed by atoms with Crippen molar-refractivity contribution >= 4 is 16.7 Å². The van der Waals surface area contributed by atoms with E-state index in [1.165, 1.54) is 0 Å². The van der Waals surface area contributed by atoms with Crippen LogP contribution < -0.4 is 0 Å². The number of carbonyl (C=O) groups excluding carboxylic acids is 1. The molecule has 5 heteroatoms. The molecule has 1 atom stereocenters. The Morgan fingerprint density at radius 1 is 1.19 bits per heavy atom. The number of amides is 1. The Morgan fingerprint density at radius 3 is 2.65 bits per heavy atom. The third-order valence-electron chi connectivity index (χ3n) is 5.43. The summed E-state index contributed by atoms with van der Waals surface area (Å²) in [6, 6.07) is 13.5. The minimum absolute atomic E-state index is 0.0532. The second kappa shape index (κ2) is 5.99. The average Bonchev–Trinajstić information content (AvgIpc) is 3.06. The Bertz CT molecular complexity index is 1070. The number of rotatable bonds is 3. The van der Waals surface area contributed by atoms with Gasteiger partial charge in [0.25, 0.3) is 5.91 Å². The number of benzene rings is 2. The molecule has 0 fully saturated rings. The normalized spacial score (nSPS) is 16.2. The number of carbonyl (C=O) groups is 1. The van der Waals surface area contributed by atoms with Crippen molar-refractivity contribution in [1.29, 1.82) is 5.26 Å². The van der Waals surface area contributed by atoms with Gasteiger partial charge >= 0.3 is 0 Å². The van der Waals surface area contributed by atoms with E-state index in [2.05, 4.69) is 11.2 Å². The summed E-state index contributed by atoms with van der Waals surface area (Å²) in [5, 5.41) is 16.1. The fourth-order valence-electron chi connectivity index (χ4n) is 3.97. The smallest absolute Gasteiger partial charge is 0.256 e. The minimum Gasteiger partial charge on any atom is -0.318 e. The molecular formula is C21H20N4O. The lowest BCUT2D eigenvalue weighted by Gasteiger charge is -2.20. The lowest BCUT2D eigenvalue weighted by molar-refractivity contribution is 0.0761. The first kappa shape index (κ1) is 16.3. The van der Waals surface area contributed by atoms with Crippen LogP contribution in [0.3, 0.4) is 0 Å². The van der Waals surface area contributed by atoms with Crippen molar-refractivity contribution in [3.63, 3.8) is 0 Å². The number of aryl methyl sites for hydroxylation is 2. The summed E-state index contributed by atoms with van der Waals surface area (Å²) in [6.07, 6.45) is 0.696. The molecule has 2 aromatic carbocycles. The van der Waals surface area contributed by atoms with Crippen LogP contribution in [0.4, 0.5) is 0 Å². The molecule has 1 amide bonds. The molecule has 0 N–H and O–H groups in total. The maximum absolute atomic E-state index is 13.1. The van der Waals surface area contributed by atoms with Gasteiger partial charge in [-0.15, -0.1) is 0 Å². The number of nitriles is 1. The molecule has 5 nitrogen and oxygen atoms in total. The van der Waals surface area contributed by atoms with Crippen LogP contribution in [0, 0.1) is 25.2 Å². The van der Waals surface area contributed by atoms with Crippen molar-refractivity contribution < 1.29 is 4.79 Å². The van der Waals surface area contributed by atoms with Gasteiger partial charge in [0.05, 0.1) is 17.3 Å². The first-order valence-electron chi connectivity index (χ1n) is 8.74. The molecule has 130 valence electrons. The predicted molar refractivity (Wildman–Crippen MR) is 99.7 cm³/mol. The number of aromatic nitrogens is 2. The summed E-state index contributed by atoms with van der Waals surface area (Å²) in [6.45, 7) is 4.52. The Labute approximate surface area is 152 Å². The van der Waals surface area contributed by atoms with Crippen LogP contribution in [-0.2, 0) is 13.5 Å². The Hall–Kier alpha value is -3.13. The molecule has 0 bridgehead atoms. The van der Waals surface area contributed by atoms with Gasteiger partial charge in [-0.3, -0.25) is 9.48 Å². The Kier molecular flexibility index (Phi) is 3.77. The third-order valence-corrected chi connectivity index (χ3v) is 5.43. The van der Waals surface area contributed by atoms with E-state index < -0.39 is 6.04 Å². The maximum atomic E-state index is 13.1. The summed E-state index contributed by atoms with van der Waals surface area (Å²) in [7, 11) is 1.92. The van der Waals surface area contributed by atoms with E-state index in [0.717, 1.165) is 33.3 Å². The summed E-state index contributed by atoms with van der Waals surface area (Å²) < 4.78 is 1.86. The van der Waals surface area contributed by atoms with Crippen LogP contribution in [0.25, 0.3) is 10.8 Å². The topological polar surface area (TPSA) is 61.9 Å². The first-order chi connectivity index (χ1) is 12.5. The molecule has 1 aliphatic rings. The molecule has 1 aliphatic heterocycles. The molecule has 4 rings (SSSR count). The zero-order valence-corrected chi connectivity index (χ0v) is 15.2. The fourth-order valence-corrected chi connectivity index (χ4v) is 3.97. The monoisotopic (exact) mass is 344 g/mol. The zero-order valence-electron chi connectivity index (χ0n) is 15.2. The Morgan fingerprint density at radius 2 is 1.96 bits per heavy atom. The van der Waals surface area contributed by atoms with Crippen molar-refractivity contribution in [2.75, 3.05) is 6.54 Å². The van der Waals surface area contributed by atoms with Crippen molar-refractivity contribution in [2.45, 2.75) is 26.3 Å². The van der Waals surface area contributed by atoms with Gasteiger partial charge in [-0.2, -0.15) is 10.4 Å². The average molecular weight is 344 g/mol. The molecule has 0 radical (unpaired) electrons. The highest BCUT2D eigenvalue weighted by molar-refractivity contribution is 6.11. The molecule has 1 unspecified atom stereocenters. The quantitative estimate of drug-likeness (QED) is 0.731. The van der Waals surface area contributed by atoms with Crippen LogP contribution in [-0.4, -0.2) is 27.1 Å². The maximum Gasteiger partial charge on any atom is 0.256 e. The highest BCUT2D eigenvalue weighted by Gasteiger charge is 2.37. The number of nitrogens with zero attached hydrogens (tertiary/aromatic N) is 4. The number of hydrogen-bond donors (Lipinski definition) is 0. The van der Waals surface area contributed by atoms with Gasteiger partial charge in [0.15, 0.2) is 0 Å². The van der Waals surface area contributed by atoms with Gasteiger partial charge in [0, 0.05) is 24.8 Å². The number of fused-ring (bicyclic) bond motifs is 3. The molecule has 0 spiro atoms. The Balaban J connectivity index is 1.70. The molecular weight excluding hydrogens is 324 g/mol. The summed E-state index contributed by atoms with van der Waals surface area (Å²) in [5.41, 5.74) is 4.72. The van der Waals surface area contributed by atoms with Crippen molar-refractivity contribution in [3.8, 4) is 6.07 Å². The number of hydrogen-bond acceptors (Lipinski definition) is 3. The van der Waals surface area contributed by atoms with E-state index in [4.69, 9.17) is 0 Å². The first-order valence-corrected chi connectivity index (χ1v) is 8.74. The van der Waals surface area contributed by atoms with Crippen LogP contribution >= 0.6 is 0 Å². The molecule has 2 heterocycles. The summed E-state index contributed by atoms with van der Waals surface area (Å²) in [5.74, 6) is -0.0532. The molecule has 0 saturated carbocycles. The SMILES string of the molecule is Cc1nn(C)c(C)c1CCN1C(=O)c2c(ccc3ccccc23)C1C#N.